The zero-order chi connectivity index (χ0) is 16.1. The van der Waals surface area contributed by atoms with Crippen LogP contribution in [-0.4, -0.2) is 30.1 Å². The highest BCUT2D eigenvalue weighted by Crippen LogP contribution is 2.28. The van der Waals surface area contributed by atoms with Crippen molar-refractivity contribution in [2.45, 2.75) is 44.0 Å². The summed E-state index contributed by atoms with van der Waals surface area (Å²) in [6.07, 6.45) is 5.94. The van der Waals surface area contributed by atoms with Crippen molar-refractivity contribution in [3.63, 3.8) is 0 Å². The number of thioether (sulfide) groups is 1. The molecule has 0 saturated heterocycles. The van der Waals surface area contributed by atoms with Gasteiger partial charge in [-0.1, -0.05) is 18.2 Å². The van der Waals surface area contributed by atoms with Crippen LogP contribution in [0.1, 0.15) is 31.9 Å². The van der Waals surface area contributed by atoms with Crippen LogP contribution in [0.5, 0.6) is 0 Å². The summed E-state index contributed by atoms with van der Waals surface area (Å²) in [5.74, 6) is 1.79. The molecule has 6 heteroatoms. The second-order valence-corrected chi connectivity index (χ2v) is 7.10. The van der Waals surface area contributed by atoms with Crippen molar-refractivity contribution in [2.24, 2.45) is 4.99 Å². The average molecular weight is 459 g/mol. The molecule has 0 radical (unpaired) electrons. The molecule has 1 heterocycles. The van der Waals surface area contributed by atoms with E-state index < -0.39 is 0 Å². The summed E-state index contributed by atoms with van der Waals surface area (Å²) in [7, 11) is 0. The minimum absolute atomic E-state index is 0. The van der Waals surface area contributed by atoms with E-state index in [4.69, 9.17) is 4.42 Å². The molecule has 2 unspecified atom stereocenters. The minimum atomic E-state index is 0. The van der Waals surface area contributed by atoms with Crippen molar-refractivity contribution in [1.29, 1.82) is 0 Å². The van der Waals surface area contributed by atoms with Crippen molar-refractivity contribution >= 4 is 52.7 Å². The quantitative estimate of drug-likeness (QED) is 0.396. The van der Waals surface area contributed by atoms with E-state index in [9.17, 15) is 0 Å². The summed E-state index contributed by atoms with van der Waals surface area (Å²) in [5, 5.41) is 8.82. The Labute approximate surface area is 165 Å². The Morgan fingerprint density at radius 1 is 1.33 bits per heavy atom. The fourth-order valence-electron chi connectivity index (χ4n) is 3.07. The predicted octanol–water partition coefficient (Wildman–Crippen LogP) is 4.39. The van der Waals surface area contributed by atoms with Crippen LogP contribution in [0.4, 0.5) is 0 Å². The van der Waals surface area contributed by atoms with Gasteiger partial charge in [0, 0.05) is 23.2 Å². The normalized spacial score (nSPS) is 20.8. The van der Waals surface area contributed by atoms with Gasteiger partial charge >= 0.3 is 0 Å². The second-order valence-electron chi connectivity index (χ2n) is 5.96. The van der Waals surface area contributed by atoms with E-state index in [1.807, 2.05) is 30.0 Å². The number of para-hydroxylation sites is 1. The fraction of sp³-hybridized carbons (Fsp3) is 0.500. The first kappa shape index (κ1) is 19.4. The third-order valence-electron chi connectivity index (χ3n) is 4.27. The van der Waals surface area contributed by atoms with Crippen LogP contribution in [0.3, 0.4) is 0 Å². The highest BCUT2D eigenvalue weighted by molar-refractivity contribution is 14.0. The van der Waals surface area contributed by atoms with Gasteiger partial charge < -0.3 is 15.1 Å². The van der Waals surface area contributed by atoms with Gasteiger partial charge in [-0.05, 0) is 44.6 Å². The number of furan rings is 1. The molecule has 2 atom stereocenters. The molecule has 0 amide bonds. The van der Waals surface area contributed by atoms with Gasteiger partial charge in [-0.3, -0.25) is 0 Å². The number of aliphatic imine (C=N–C) groups is 1. The Hall–Kier alpha value is -0.890. The number of hydrogen-bond acceptors (Lipinski definition) is 3. The highest BCUT2D eigenvalue weighted by Gasteiger charge is 2.24. The van der Waals surface area contributed by atoms with E-state index in [1.54, 1.807) is 0 Å². The topological polar surface area (TPSA) is 49.6 Å². The van der Waals surface area contributed by atoms with E-state index in [0.29, 0.717) is 12.6 Å². The number of nitrogens with one attached hydrogen (secondary N) is 2. The molecule has 1 aromatic carbocycles. The van der Waals surface area contributed by atoms with Gasteiger partial charge in [-0.25, -0.2) is 4.99 Å². The van der Waals surface area contributed by atoms with Crippen LogP contribution < -0.4 is 10.6 Å². The number of guanidine groups is 1. The first-order valence-corrected chi connectivity index (χ1v) is 9.62. The summed E-state index contributed by atoms with van der Waals surface area (Å²) in [4.78, 5) is 4.69. The molecule has 2 aromatic rings. The molecule has 0 bridgehead atoms. The van der Waals surface area contributed by atoms with E-state index >= 15 is 0 Å². The monoisotopic (exact) mass is 459 g/mol. The molecule has 2 N–H and O–H groups in total. The van der Waals surface area contributed by atoms with Crippen LogP contribution in [-0.2, 0) is 6.54 Å². The van der Waals surface area contributed by atoms with Gasteiger partial charge in [0.05, 0.1) is 0 Å². The second kappa shape index (κ2) is 9.56. The maximum absolute atomic E-state index is 5.84. The summed E-state index contributed by atoms with van der Waals surface area (Å²) in [6.45, 7) is 3.52. The lowest BCUT2D eigenvalue weighted by molar-refractivity contribution is 0.549. The lowest BCUT2D eigenvalue weighted by Crippen LogP contribution is -2.42. The lowest BCUT2D eigenvalue weighted by Gasteiger charge is -2.17. The Morgan fingerprint density at radius 2 is 2.17 bits per heavy atom. The predicted molar refractivity (Wildman–Crippen MR) is 115 cm³/mol. The van der Waals surface area contributed by atoms with Crippen LogP contribution in [0.2, 0.25) is 0 Å². The zero-order valence-corrected chi connectivity index (χ0v) is 17.4. The molecular weight excluding hydrogens is 433 g/mol. The average Bonchev–Trinajstić information content (AvgIpc) is 3.18. The summed E-state index contributed by atoms with van der Waals surface area (Å²) in [6, 6.07) is 10.7. The number of fused-ring (bicyclic) bond motifs is 1. The molecule has 24 heavy (non-hydrogen) atoms. The van der Waals surface area contributed by atoms with Gasteiger partial charge in [0.2, 0.25) is 0 Å². The number of rotatable bonds is 5. The first-order valence-electron chi connectivity index (χ1n) is 8.33. The smallest absolute Gasteiger partial charge is 0.191 e. The minimum Gasteiger partial charge on any atom is -0.459 e. The third kappa shape index (κ3) is 5.05. The van der Waals surface area contributed by atoms with Crippen LogP contribution in [0, 0.1) is 0 Å². The van der Waals surface area contributed by atoms with E-state index in [1.165, 1.54) is 19.3 Å². The Bertz CT molecular complexity index is 640. The SMILES string of the molecule is CCNC(=NCc1cc2ccccc2o1)NC1CCC(SC)C1.I. The fourth-order valence-corrected chi connectivity index (χ4v) is 3.87. The number of hydrogen-bond donors (Lipinski definition) is 2. The van der Waals surface area contributed by atoms with Crippen molar-refractivity contribution in [1.82, 2.24) is 10.6 Å². The van der Waals surface area contributed by atoms with Crippen molar-refractivity contribution < 1.29 is 4.42 Å². The van der Waals surface area contributed by atoms with Crippen LogP contribution in [0.15, 0.2) is 39.7 Å². The molecule has 1 saturated carbocycles. The highest BCUT2D eigenvalue weighted by atomic mass is 127. The Morgan fingerprint density at radius 3 is 2.88 bits per heavy atom. The maximum Gasteiger partial charge on any atom is 0.191 e. The standard InChI is InChI=1S/C18H25N3OS.HI/c1-3-19-18(21-14-8-9-16(11-14)23-2)20-12-15-10-13-6-4-5-7-17(13)22-15;/h4-7,10,14,16H,3,8-9,11-12H2,1-2H3,(H2,19,20,21);1H. The van der Waals surface area contributed by atoms with Crippen LogP contribution in [0.25, 0.3) is 11.0 Å². The Balaban J connectivity index is 0.00000208. The van der Waals surface area contributed by atoms with Gasteiger partial charge in [0.15, 0.2) is 5.96 Å². The van der Waals surface area contributed by atoms with Gasteiger partial charge in [-0.15, -0.1) is 24.0 Å². The molecule has 1 aliphatic carbocycles. The molecule has 1 fully saturated rings. The molecule has 0 spiro atoms. The maximum atomic E-state index is 5.84. The molecule has 1 aromatic heterocycles. The molecule has 1 aliphatic rings. The first-order chi connectivity index (χ1) is 11.3. The largest absolute Gasteiger partial charge is 0.459 e. The van der Waals surface area contributed by atoms with E-state index in [0.717, 1.165) is 34.5 Å². The van der Waals surface area contributed by atoms with Gasteiger partial charge in [-0.2, -0.15) is 11.8 Å². The number of halogens is 1. The van der Waals surface area contributed by atoms with Crippen molar-refractivity contribution in [3.8, 4) is 0 Å². The van der Waals surface area contributed by atoms with Gasteiger partial charge in [0.25, 0.3) is 0 Å². The summed E-state index contributed by atoms with van der Waals surface area (Å²) in [5.41, 5.74) is 0.925. The van der Waals surface area contributed by atoms with E-state index in [2.05, 4.69) is 40.9 Å². The molecule has 4 nitrogen and oxygen atoms in total. The summed E-state index contributed by atoms with van der Waals surface area (Å²) >= 11 is 1.97. The van der Waals surface area contributed by atoms with Crippen molar-refractivity contribution in [2.75, 3.05) is 12.8 Å². The molecule has 3 rings (SSSR count). The van der Waals surface area contributed by atoms with Crippen molar-refractivity contribution in [3.05, 3.63) is 36.1 Å². The Kier molecular flexibility index (Phi) is 7.74. The van der Waals surface area contributed by atoms with E-state index in [-0.39, 0.29) is 24.0 Å². The molecule has 0 aliphatic heterocycles. The van der Waals surface area contributed by atoms with Crippen LogP contribution >= 0.6 is 35.7 Å². The lowest BCUT2D eigenvalue weighted by atomic mass is 10.2. The molecule has 132 valence electrons. The third-order valence-corrected chi connectivity index (χ3v) is 5.37. The molecular formula is C18H26IN3OS. The summed E-state index contributed by atoms with van der Waals surface area (Å²) < 4.78 is 5.84. The number of nitrogens with zero attached hydrogens (tertiary/aromatic N) is 1. The van der Waals surface area contributed by atoms with Gasteiger partial charge in [0.1, 0.15) is 17.9 Å². The number of benzene rings is 1. The zero-order valence-electron chi connectivity index (χ0n) is 14.2.